The highest BCUT2D eigenvalue weighted by molar-refractivity contribution is 5.92. The van der Waals surface area contributed by atoms with E-state index in [0.29, 0.717) is 6.54 Å². The third kappa shape index (κ3) is 2.35. The Morgan fingerprint density at radius 1 is 1.62 bits per heavy atom. The zero-order valence-corrected chi connectivity index (χ0v) is 10.2. The second kappa shape index (κ2) is 4.82. The van der Waals surface area contributed by atoms with E-state index in [9.17, 15) is 9.59 Å². The number of nitrogens with one attached hydrogen (secondary N) is 1. The first-order valence-corrected chi connectivity index (χ1v) is 5.76. The normalized spacial score (nSPS) is 22.3. The molecule has 0 radical (unpaired) electrons. The van der Waals surface area contributed by atoms with Crippen LogP contribution in [-0.2, 0) is 9.59 Å². The number of amides is 2. The summed E-state index contributed by atoms with van der Waals surface area (Å²) >= 11 is 0. The minimum absolute atomic E-state index is 0.0168. The molecule has 1 rings (SSSR count). The molecule has 1 fully saturated rings. The molecular formula is C11H21N3O2. The summed E-state index contributed by atoms with van der Waals surface area (Å²) in [5, 5.41) is 3.13. The summed E-state index contributed by atoms with van der Waals surface area (Å²) in [4.78, 5) is 25.0. The van der Waals surface area contributed by atoms with Gasteiger partial charge in [-0.15, -0.1) is 0 Å². The van der Waals surface area contributed by atoms with Crippen LogP contribution in [0, 0.1) is 0 Å². The molecule has 0 bridgehead atoms. The number of hydrogen-bond acceptors (Lipinski definition) is 3. The lowest BCUT2D eigenvalue weighted by molar-refractivity contribution is -0.148. The number of likely N-dealkylation sites (N-methyl/N-ethyl adjacent to an activating group) is 1. The number of hydrogen-bond donors (Lipinski definition) is 2. The number of piperidine rings is 1. The van der Waals surface area contributed by atoms with Crippen molar-refractivity contribution >= 4 is 11.8 Å². The van der Waals surface area contributed by atoms with Gasteiger partial charge in [-0.2, -0.15) is 0 Å². The number of nitrogens with zero attached hydrogens (tertiary/aromatic N) is 1. The minimum Gasteiger partial charge on any atom is -0.368 e. The summed E-state index contributed by atoms with van der Waals surface area (Å²) in [5.74, 6) is -0.477. The quantitative estimate of drug-likeness (QED) is 0.701. The van der Waals surface area contributed by atoms with Gasteiger partial charge in [-0.05, 0) is 33.2 Å². The number of likely N-dealkylation sites (tertiary alicyclic amines) is 1. The largest absolute Gasteiger partial charge is 0.368 e. The Morgan fingerprint density at radius 3 is 2.75 bits per heavy atom. The first-order chi connectivity index (χ1) is 7.41. The van der Waals surface area contributed by atoms with E-state index in [2.05, 4.69) is 5.32 Å². The predicted molar refractivity (Wildman–Crippen MR) is 61.7 cm³/mol. The molecule has 5 heteroatoms. The van der Waals surface area contributed by atoms with E-state index in [-0.39, 0.29) is 11.9 Å². The molecule has 1 atom stereocenters. The molecule has 5 nitrogen and oxygen atoms in total. The van der Waals surface area contributed by atoms with Gasteiger partial charge in [0.2, 0.25) is 11.8 Å². The van der Waals surface area contributed by atoms with Crippen molar-refractivity contribution < 1.29 is 9.59 Å². The molecule has 1 saturated heterocycles. The van der Waals surface area contributed by atoms with Crippen LogP contribution in [0.2, 0.25) is 0 Å². The Morgan fingerprint density at radius 2 is 2.25 bits per heavy atom. The highest BCUT2D eigenvalue weighted by Gasteiger charge is 2.40. The molecule has 1 heterocycles. The lowest BCUT2D eigenvalue weighted by Crippen LogP contribution is -2.62. The summed E-state index contributed by atoms with van der Waals surface area (Å²) < 4.78 is 0. The molecule has 0 spiro atoms. The van der Waals surface area contributed by atoms with Gasteiger partial charge in [-0.25, -0.2) is 0 Å². The monoisotopic (exact) mass is 227 g/mol. The van der Waals surface area contributed by atoms with E-state index in [1.165, 1.54) is 0 Å². The highest BCUT2D eigenvalue weighted by atomic mass is 16.2. The van der Waals surface area contributed by atoms with Crippen LogP contribution < -0.4 is 11.1 Å². The summed E-state index contributed by atoms with van der Waals surface area (Å²) in [6.45, 7) is 6.71. The second-order valence-corrected chi connectivity index (χ2v) is 4.67. The molecule has 0 aliphatic carbocycles. The number of nitrogens with two attached hydrogens (primary N) is 1. The van der Waals surface area contributed by atoms with E-state index in [0.717, 1.165) is 19.4 Å². The van der Waals surface area contributed by atoms with Crippen molar-refractivity contribution in [3.63, 3.8) is 0 Å². The fourth-order valence-electron chi connectivity index (χ4n) is 2.00. The Balaban J connectivity index is 2.81. The topological polar surface area (TPSA) is 75.4 Å². The number of carbonyl (C=O) groups is 2. The summed E-state index contributed by atoms with van der Waals surface area (Å²) in [6.07, 6.45) is 1.73. The Hall–Kier alpha value is -1.10. The van der Waals surface area contributed by atoms with Crippen molar-refractivity contribution in [3.05, 3.63) is 0 Å². The van der Waals surface area contributed by atoms with E-state index in [4.69, 9.17) is 5.73 Å². The highest BCUT2D eigenvalue weighted by Crippen LogP contribution is 2.21. The van der Waals surface area contributed by atoms with E-state index >= 15 is 0 Å². The maximum Gasteiger partial charge on any atom is 0.242 e. The molecule has 92 valence electrons. The SMILES string of the molecule is CCNC1CCCN(C(C)(C)C(N)=O)C1=O. The average Bonchev–Trinajstić information content (AvgIpc) is 2.21. The van der Waals surface area contributed by atoms with Crippen molar-refractivity contribution in [1.82, 2.24) is 10.2 Å². The molecule has 16 heavy (non-hydrogen) atoms. The maximum atomic E-state index is 12.1. The van der Waals surface area contributed by atoms with Crippen LogP contribution in [0.15, 0.2) is 0 Å². The van der Waals surface area contributed by atoms with E-state index < -0.39 is 11.4 Å². The number of carbonyl (C=O) groups excluding carboxylic acids is 2. The predicted octanol–water partition coefficient (Wildman–Crippen LogP) is -0.149. The van der Waals surface area contributed by atoms with Gasteiger partial charge in [-0.3, -0.25) is 9.59 Å². The van der Waals surface area contributed by atoms with Crippen LogP contribution in [0.5, 0.6) is 0 Å². The van der Waals surface area contributed by atoms with Crippen molar-refractivity contribution in [3.8, 4) is 0 Å². The van der Waals surface area contributed by atoms with Crippen LogP contribution in [0.4, 0.5) is 0 Å². The fourth-order valence-corrected chi connectivity index (χ4v) is 2.00. The Labute approximate surface area is 96.4 Å². The third-order valence-corrected chi connectivity index (χ3v) is 3.17. The minimum atomic E-state index is -0.898. The number of primary amides is 1. The third-order valence-electron chi connectivity index (χ3n) is 3.17. The van der Waals surface area contributed by atoms with E-state index in [1.54, 1.807) is 18.7 Å². The molecule has 1 unspecified atom stereocenters. The fraction of sp³-hybridized carbons (Fsp3) is 0.818. The first-order valence-electron chi connectivity index (χ1n) is 5.76. The summed E-state index contributed by atoms with van der Waals surface area (Å²) in [5.41, 5.74) is 4.43. The van der Waals surface area contributed by atoms with Gasteiger partial charge in [0.05, 0.1) is 6.04 Å². The van der Waals surface area contributed by atoms with Crippen molar-refractivity contribution in [2.24, 2.45) is 5.73 Å². The molecular weight excluding hydrogens is 206 g/mol. The molecule has 3 N–H and O–H groups in total. The molecule has 1 aliphatic rings. The van der Waals surface area contributed by atoms with E-state index in [1.807, 2.05) is 6.92 Å². The van der Waals surface area contributed by atoms with Crippen LogP contribution >= 0.6 is 0 Å². The van der Waals surface area contributed by atoms with Gasteiger partial charge in [0.25, 0.3) is 0 Å². The zero-order chi connectivity index (χ0) is 12.3. The summed E-state index contributed by atoms with van der Waals surface area (Å²) in [6, 6.07) is -0.169. The molecule has 0 aromatic rings. The lowest BCUT2D eigenvalue weighted by Gasteiger charge is -2.41. The molecule has 2 amide bonds. The van der Waals surface area contributed by atoms with Gasteiger partial charge in [0.1, 0.15) is 5.54 Å². The van der Waals surface area contributed by atoms with Gasteiger partial charge in [0.15, 0.2) is 0 Å². The van der Waals surface area contributed by atoms with Gasteiger partial charge in [0, 0.05) is 6.54 Å². The molecule has 0 aromatic heterocycles. The van der Waals surface area contributed by atoms with Gasteiger partial charge < -0.3 is 16.0 Å². The average molecular weight is 227 g/mol. The first kappa shape index (κ1) is 13.0. The number of rotatable bonds is 4. The van der Waals surface area contributed by atoms with Gasteiger partial charge in [-0.1, -0.05) is 6.92 Å². The van der Waals surface area contributed by atoms with Crippen molar-refractivity contribution in [2.75, 3.05) is 13.1 Å². The maximum absolute atomic E-state index is 12.1. The molecule has 0 saturated carbocycles. The smallest absolute Gasteiger partial charge is 0.242 e. The van der Waals surface area contributed by atoms with Crippen molar-refractivity contribution in [2.45, 2.75) is 45.2 Å². The van der Waals surface area contributed by atoms with Crippen LogP contribution in [0.3, 0.4) is 0 Å². The van der Waals surface area contributed by atoms with Gasteiger partial charge >= 0.3 is 0 Å². The van der Waals surface area contributed by atoms with Crippen LogP contribution in [0.1, 0.15) is 33.6 Å². The molecule has 0 aromatic carbocycles. The van der Waals surface area contributed by atoms with Crippen LogP contribution in [0.25, 0.3) is 0 Å². The lowest BCUT2D eigenvalue weighted by atomic mass is 9.95. The second-order valence-electron chi connectivity index (χ2n) is 4.67. The van der Waals surface area contributed by atoms with Crippen LogP contribution in [-0.4, -0.2) is 41.4 Å². The standard InChI is InChI=1S/C11H21N3O2/c1-4-13-8-6-5-7-14(9(8)15)11(2,3)10(12)16/h8,13H,4-7H2,1-3H3,(H2,12,16). The Kier molecular flexibility index (Phi) is 3.91. The Bertz CT molecular complexity index is 287. The van der Waals surface area contributed by atoms with Crippen molar-refractivity contribution in [1.29, 1.82) is 0 Å². The summed E-state index contributed by atoms with van der Waals surface area (Å²) in [7, 11) is 0. The zero-order valence-electron chi connectivity index (χ0n) is 10.2. The molecule has 1 aliphatic heterocycles.